The van der Waals surface area contributed by atoms with Gasteiger partial charge in [-0.2, -0.15) is 0 Å². The molecule has 2 aromatic rings. The van der Waals surface area contributed by atoms with Crippen molar-refractivity contribution in [3.8, 4) is 5.75 Å². The Labute approximate surface area is 183 Å². The zero-order chi connectivity index (χ0) is 18.2. The molecule has 0 aliphatic carbocycles. The Kier molecular flexibility index (Phi) is 11.8. The summed E-state index contributed by atoms with van der Waals surface area (Å²) in [7, 11) is 0. The van der Waals surface area contributed by atoms with Crippen LogP contribution in [0.25, 0.3) is 0 Å². The average Bonchev–Trinajstić information content (AvgIpc) is 2.67. The van der Waals surface area contributed by atoms with E-state index in [1.807, 2.05) is 18.2 Å². The molecule has 2 aromatic carbocycles. The first-order valence-electron chi connectivity index (χ1n) is 8.87. The topological polar surface area (TPSA) is 33.7 Å². The van der Waals surface area contributed by atoms with Gasteiger partial charge in [-0.15, -0.1) is 24.8 Å². The molecule has 1 fully saturated rings. The maximum Gasteiger partial charge on any atom is 0.124 e. The standard InChI is InChI=1S/C20H24ClFN2O2.2ClH/c21-18-3-6-20(26-15-16-1-4-19(22)5-2-16)17(13-18)14-23-7-8-24-9-11-25-12-10-24;;/h1-6,13,23H,7-12,14-15H2;2*1H. The highest BCUT2D eigenvalue weighted by atomic mass is 35.5. The van der Waals surface area contributed by atoms with Crippen molar-refractivity contribution in [1.29, 1.82) is 0 Å². The fraction of sp³-hybridized carbons (Fsp3) is 0.400. The number of ether oxygens (including phenoxy) is 2. The van der Waals surface area contributed by atoms with Crippen LogP contribution in [0.1, 0.15) is 11.1 Å². The number of nitrogens with zero attached hydrogens (tertiary/aromatic N) is 1. The zero-order valence-electron chi connectivity index (χ0n) is 15.5. The molecule has 1 N–H and O–H groups in total. The normalized spacial score (nSPS) is 14.1. The van der Waals surface area contributed by atoms with Crippen LogP contribution in [-0.4, -0.2) is 44.3 Å². The van der Waals surface area contributed by atoms with E-state index in [-0.39, 0.29) is 30.6 Å². The summed E-state index contributed by atoms with van der Waals surface area (Å²) in [4.78, 5) is 2.39. The molecule has 28 heavy (non-hydrogen) atoms. The first-order chi connectivity index (χ1) is 12.7. The van der Waals surface area contributed by atoms with Crippen LogP contribution >= 0.6 is 36.4 Å². The first kappa shape index (κ1) is 25.0. The lowest BCUT2D eigenvalue weighted by Crippen LogP contribution is -2.40. The smallest absolute Gasteiger partial charge is 0.124 e. The van der Waals surface area contributed by atoms with Gasteiger partial charge in [-0.25, -0.2) is 4.39 Å². The molecule has 1 saturated heterocycles. The molecule has 3 rings (SSSR count). The van der Waals surface area contributed by atoms with Crippen LogP contribution in [0, 0.1) is 5.82 Å². The Bertz CT molecular complexity index is 698. The van der Waals surface area contributed by atoms with Crippen molar-refractivity contribution < 1.29 is 13.9 Å². The number of hydrogen-bond acceptors (Lipinski definition) is 4. The number of halogens is 4. The molecule has 0 spiro atoms. The van der Waals surface area contributed by atoms with Crippen molar-refractivity contribution in [3.05, 3.63) is 64.4 Å². The lowest BCUT2D eigenvalue weighted by atomic mass is 10.2. The Balaban J connectivity index is 0.00000196. The van der Waals surface area contributed by atoms with E-state index in [9.17, 15) is 4.39 Å². The second kappa shape index (κ2) is 13.2. The van der Waals surface area contributed by atoms with E-state index in [0.29, 0.717) is 18.2 Å². The molecule has 1 aliphatic heterocycles. The minimum absolute atomic E-state index is 0. The van der Waals surface area contributed by atoms with Crippen LogP contribution in [0.2, 0.25) is 5.02 Å². The molecule has 0 saturated carbocycles. The molecular weight excluding hydrogens is 426 g/mol. The molecule has 156 valence electrons. The maximum absolute atomic E-state index is 13.0. The Morgan fingerprint density at radius 2 is 1.79 bits per heavy atom. The third kappa shape index (κ3) is 8.11. The molecule has 0 radical (unpaired) electrons. The molecular formula is C20H26Cl3FN2O2. The summed E-state index contributed by atoms with van der Waals surface area (Å²) in [5.74, 6) is 0.544. The Morgan fingerprint density at radius 3 is 2.50 bits per heavy atom. The van der Waals surface area contributed by atoms with Gasteiger partial charge in [0.2, 0.25) is 0 Å². The van der Waals surface area contributed by atoms with Crippen LogP contribution in [-0.2, 0) is 17.9 Å². The van der Waals surface area contributed by atoms with Gasteiger partial charge in [-0.1, -0.05) is 23.7 Å². The highest BCUT2D eigenvalue weighted by Crippen LogP contribution is 2.24. The van der Waals surface area contributed by atoms with Crippen LogP contribution in [0.5, 0.6) is 5.75 Å². The van der Waals surface area contributed by atoms with Crippen LogP contribution < -0.4 is 10.1 Å². The summed E-state index contributed by atoms with van der Waals surface area (Å²) < 4.78 is 24.3. The fourth-order valence-electron chi connectivity index (χ4n) is 2.85. The second-order valence-electron chi connectivity index (χ2n) is 6.30. The van der Waals surface area contributed by atoms with Gasteiger partial charge in [-0.3, -0.25) is 4.90 Å². The average molecular weight is 452 g/mol. The van der Waals surface area contributed by atoms with Crippen LogP contribution in [0.3, 0.4) is 0 Å². The van der Waals surface area contributed by atoms with Gasteiger partial charge in [0, 0.05) is 43.3 Å². The number of nitrogens with one attached hydrogen (secondary N) is 1. The Morgan fingerprint density at radius 1 is 1.07 bits per heavy atom. The van der Waals surface area contributed by atoms with Crippen molar-refractivity contribution in [1.82, 2.24) is 10.2 Å². The van der Waals surface area contributed by atoms with E-state index >= 15 is 0 Å². The summed E-state index contributed by atoms with van der Waals surface area (Å²) in [5.41, 5.74) is 1.94. The van der Waals surface area contributed by atoms with Crippen molar-refractivity contribution >= 4 is 36.4 Å². The maximum atomic E-state index is 13.0. The second-order valence-corrected chi connectivity index (χ2v) is 6.73. The van der Waals surface area contributed by atoms with Gasteiger partial charge in [-0.05, 0) is 35.9 Å². The van der Waals surface area contributed by atoms with E-state index in [1.165, 1.54) is 12.1 Å². The summed E-state index contributed by atoms with van der Waals surface area (Å²) in [6.07, 6.45) is 0. The van der Waals surface area contributed by atoms with E-state index < -0.39 is 0 Å². The molecule has 0 aromatic heterocycles. The van der Waals surface area contributed by atoms with Crippen LogP contribution in [0.15, 0.2) is 42.5 Å². The van der Waals surface area contributed by atoms with Crippen molar-refractivity contribution in [2.45, 2.75) is 13.2 Å². The molecule has 0 atom stereocenters. The number of rotatable bonds is 8. The van der Waals surface area contributed by atoms with Gasteiger partial charge < -0.3 is 14.8 Å². The van der Waals surface area contributed by atoms with E-state index in [4.69, 9.17) is 21.1 Å². The minimum atomic E-state index is -0.245. The summed E-state index contributed by atoms with van der Waals surface area (Å²) in [6.45, 7) is 6.58. The third-order valence-corrected chi connectivity index (χ3v) is 4.59. The van der Waals surface area contributed by atoms with Gasteiger partial charge in [0.05, 0.1) is 13.2 Å². The van der Waals surface area contributed by atoms with Crippen molar-refractivity contribution in [2.24, 2.45) is 0 Å². The lowest BCUT2D eigenvalue weighted by Gasteiger charge is -2.26. The summed E-state index contributed by atoms with van der Waals surface area (Å²) >= 11 is 6.14. The van der Waals surface area contributed by atoms with Gasteiger partial charge in [0.15, 0.2) is 0 Å². The van der Waals surface area contributed by atoms with Crippen molar-refractivity contribution in [2.75, 3.05) is 39.4 Å². The van der Waals surface area contributed by atoms with E-state index in [0.717, 1.165) is 56.3 Å². The number of benzene rings is 2. The van der Waals surface area contributed by atoms with Crippen LogP contribution in [0.4, 0.5) is 4.39 Å². The zero-order valence-corrected chi connectivity index (χ0v) is 17.9. The monoisotopic (exact) mass is 450 g/mol. The third-order valence-electron chi connectivity index (χ3n) is 4.35. The molecule has 4 nitrogen and oxygen atoms in total. The molecule has 0 amide bonds. The highest BCUT2D eigenvalue weighted by Gasteiger charge is 2.10. The van der Waals surface area contributed by atoms with Gasteiger partial charge in [0.1, 0.15) is 18.2 Å². The van der Waals surface area contributed by atoms with E-state index in [1.54, 1.807) is 12.1 Å². The SMILES string of the molecule is Cl.Cl.Fc1ccc(COc2ccc(Cl)cc2CNCCN2CCOCC2)cc1. The predicted octanol–water partition coefficient (Wildman–Crippen LogP) is 4.32. The first-order valence-corrected chi connectivity index (χ1v) is 9.25. The molecule has 0 unspecified atom stereocenters. The largest absolute Gasteiger partial charge is 0.489 e. The summed E-state index contributed by atoms with van der Waals surface area (Å²) in [6, 6.07) is 12.0. The molecule has 8 heteroatoms. The highest BCUT2D eigenvalue weighted by molar-refractivity contribution is 6.30. The van der Waals surface area contributed by atoms with Gasteiger partial charge >= 0.3 is 0 Å². The molecule has 1 heterocycles. The predicted molar refractivity (Wildman–Crippen MR) is 116 cm³/mol. The lowest BCUT2D eigenvalue weighted by molar-refractivity contribution is 0.0384. The number of morpholine rings is 1. The Hall–Kier alpha value is -1.08. The quantitative estimate of drug-likeness (QED) is 0.606. The summed E-state index contributed by atoms with van der Waals surface area (Å²) in [5, 5.41) is 4.14. The van der Waals surface area contributed by atoms with Gasteiger partial charge in [0.25, 0.3) is 0 Å². The number of hydrogen-bond donors (Lipinski definition) is 1. The minimum Gasteiger partial charge on any atom is -0.489 e. The van der Waals surface area contributed by atoms with E-state index in [2.05, 4.69) is 10.2 Å². The molecule has 1 aliphatic rings. The fourth-order valence-corrected chi connectivity index (χ4v) is 3.05. The molecule has 0 bridgehead atoms. The van der Waals surface area contributed by atoms with Crippen molar-refractivity contribution in [3.63, 3.8) is 0 Å².